The van der Waals surface area contributed by atoms with Crippen molar-refractivity contribution in [3.8, 4) is 23.0 Å². The minimum atomic E-state index is -0.541. The molecule has 0 aliphatic carbocycles. The van der Waals surface area contributed by atoms with Gasteiger partial charge in [-0.15, -0.1) is 0 Å². The van der Waals surface area contributed by atoms with E-state index < -0.39 is 5.41 Å². The van der Waals surface area contributed by atoms with Gasteiger partial charge in [0.15, 0.2) is 0 Å². The van der Waals surface area contributed by atoms with Crippen LogP contribution in [0.3, 0.4) is 0 Å². The molecule has 0 amide bonds. The molecule has 3 nitrogen and oxygen atoms in total. The van der Waals surface area contributed by atoms with Crippen molar-refractivity contribution < 1.29 is 9.47 Å². The van der Waals surface area contributed by atoms with Crippen LogP contribution in [0.1, 0.15) is 115 Å². The van der Waals surface area contributed by atoms with Gasteiger partial charge in [-0.3, -0.25) is 0 Å². The zero-order chi connectivity index (χ0) is 40.7. The van der Waals surface area contributed by atoms with E-state index in [4.69, 9.17) is 9.47 Å². The molecule has 2 aliphatic rings. The van der Waals surface area contributed by atoms with Crippen molar-refractivity contribution in [1.29, 1.82) is 0 Å². The summed E-state index contributed by atoms with van der Waals surface area (Å²) in [6.07, 6.45) is 0. The highest BCUT2D eigenvalue weighted by Gasteiger charge is 2.51. The van der Waals surface area contributed by atoms with Crippen LogP contribution >= 0.6 is 0 Å². The lowest BCUT2D eigenvalue weighted by Crippen LogP contribution is -2.39. The van der Waals surface area contributed by atoms with Crippen molar-refractivity contribution in [3.05, 3.63) is 207 Å². The van der Waals surface area contributed by atoms with E-state index in [0.29, 0.717) is 17.8 Å². The summed E-state index contributed by atoms with van der Waals surface area (Å²) in [5.41, 5.74) is 15.7. The SMILES string of the molecule is Cc1c(C(C)C)cc(C(C)C)cc1C(C)C.Cc1ccccc1Oc1cc(N2c3ccccc3C3(c4ccccc4Oc4ccccc43)c3ccccc32)ccc1C. The molecule has 0 radical (unpaired) electrons. The van der Waals surface area contributed by atoms with Gasteiger partial charge in [-0.2, -0.15) is 0 Å². The number of benzene rings is 7. The van der Waals surface area contributed by atoms with Crippen molar-refractivity contribution in [3.63, 3.8) is 0 Å². The monoisotopic (exact) mass is 761 g/mol. The van der Waals surface area contributed by atoms with Gasteiger partial charge in [0.2, 0.25) is 0 Å². The molecular weight excluding hydrogens is 707 g/mol. The van der Waals surface area contributed by atoms with E-state index in [0.717, 1.165) is 62.3 Å². The fourth-order valence-corrected chi connectivity index (χ4v) is 9.04. The molecule has 3 heteroatoms. The molecule has 0 saturated heterocycles. The molecule has 0 saturated carbocycles. The van der Waals surface area contributed by atoms with Gasteiger partial charge in [-0.25, -0.2) is 0 Å². The molecule has 2 heterocycles. The van der Waals surface area contributed by atoms with E-state index in [1.165, 1.54) is 33.4 Å². The van der Waals surface area contributed by atoms with Gasteiger partial charge < -0.3 is 14.4 Å². The Labute approximate surface area is 345 Å². The maximum absolute atomic E-state index is 6.51. The molecule has 2 aliphatic heterocycles. The van der Waals surface area contributed by atoms with Crippen LogP contribution in [0.25, 0.3) is 0 Å². The summed E-state index contributed by atoms with van der Waals surface area (Å²) in [6.45, 7) is 20.2. The van der Waals surface area contributed by atoms with Crippen LogP contribution in [0.2, 0.25) is 0 Å². The quantitative estimate of drug-likeness (QED) is 0.168. The van der Waals surface area contributed by atoms with Crippen LogP contribution in [0.4, 0.5) is 17.1 Å². The maximum atomic E-state index is 6.51. The summed E-state index contributed by atoms with van der Waals surface area (Å²) in [5.74, 6) is 5.35. The third-order valence-corrected chi connectivity index (χ3v) is 12.1. The molecule has 0 aromatic heterocycles. The second-order valence-corrected chi connectivity index (χ2v) is 16.8. The average molecular weight is 762 g/mol. The second kappa shape index (κ2) is 15.7. The van der Waals surface area contributed by atoms with Gasteiger partial charge in [-0.1, -0.05) is 151 Å². The number of para-hydroxylation sites is 5. The number of hydrogen-bond donors (Lipinski definition) is 0. The molecular formula is C55H55NO2. The molecule has 0 atom stereocenters. The summed E-state index contributed by atoms with van der Waals surface area (Å²) < 4.78 is 13.0. The Kier molecular flexibility index (Phi) is 10.5. The lowest BCUT2D eigenvalue weighted by atomic mass is 9.61. The molecule has 0 bridgehead atoms. The molecule has 9 rings (SSSR count). The van der Waals surface area contributed by atoms with Gasteiger partial charge >= 0.3 is 0 Å². The van der Waals surface area contributed by atoms with E-state index in [2.05, 4.69) is 201 Å². The minimum absolute atomic E-state index is 0.541. The fourth-order valence-electron chi connectivity index (χ4n) is 9.04. The van der Waals surface area contributed by atoms with Crippen LogP contribution < -0.4 is 14.4 Å². The Hall–Kier alpha value is -6.06. The molecule has 58 heavy (non-hydrogen) atoms. The van der Waals surface area contributed by atoms with E-state index in [9.17, 15) is 0 Å². The first-order chi connectivity index (χ1) is 28.0. The van der Waals surface area contributed by atoms with E-state index >= 15 is 0 Å². The molecule has 7 aromatic carbocycles. The zero-order valence-electron chi connectivity index (χ0n) is 35.4. The standard InChI is InChI=1S/C39H29NO2.C16H26/c1-26-13-3-10-20-35(26)41-38-25-28(24-23-27(38)2)40-33-18-8-4-14-29(33)39(30-15-5-9-19-34(30)40)31-16-6-11-21-36(31)42-37-22-12-7-17-32(37)39;1-10(2)14-8-15(11(3)4)13(7)16(9-14)12(5)6/h3-25H,1-2H3;8-12H,1-7H3. The predicted molar refractivity (Wildman–Crippen MR) is 243 cm³/mol. The highest BCUT2D eigenvalue weighted by molar-refractivity contribution is 5.91. The number of ether oxygens (including phenoxy) is 2. The van der Waals surface area contributed by atoms with Crippen molar-refractivity contribution in [2.24, 2.45) is 0 Å². The van der Waals surface area contributed by atoms with E-state index in [-0.39, 0.29) is 0 Å². The number of rotatable bonds is 6. The lowest BCUT2D eigenvalue weighted by molar-refractivity contribution is 0.434. The Morgan fingerprint density at radius 3 is 1.45 bits per heavy atom. The topological polar surface area (TPSA) is 21.7 Å². The number of anilines is 3. The van der Waals surface area contributed by atoms with Gasteiger partial charge in [0.05, 0.1) is 16.8 Å². The van der Waals surface area contributed by atoms with Gasteiger partial charge in [0, 0.05) is 22.9 Å². The number of aryl methyl sites for hydroxylation is 2. The van der Waals surface area contributed by atoms with Crippen molar-refractivity contribution >= 4 is 17.1 Å². The molecule has 0 N–H and O–H groups in total. The second-order valence-electron chi connectivity index (χ2n) is 16.8. The lowest BCUT2D eigenvalue weighted by Gasteiger charge is -2.48. The van der Waals surface area contributed by atoms with Crippen molar-refractivity contribution in [1.82, 2.24) is 0 Å². The Morgan fingerprint density at radius 2 is 0.931 bits per heavy atom. The third kappa shape index (κ3) is 6.67. The molecule has 7 aromatic rings. The van der Waals surface area contributed by atoms with Crippen molar-refractivity contribution in [2.75, 3.05) is 4.90 Å². The zero-order valence-corrected chi connectivity index (χ0v) is 35.4. The molecule has 292 valence electrons. The van der Waals surface area contributed by atoms with Gasteiger partial charge in [0.1, 0.15) is 23.0 Å². The largest absolute Gasteiger partial charge is 0.457 e. The van der Waals surface area contributed by atoms with E-state index in [1.807, 2.05) is 18.2 Å². The average Bonchev–Trinajstić information content (AvgIpc) is 3.22. The number of hydrogen-bond acceptors (Lipinski definition) is 3. The molecule has 1 spiro atoms. The van der Waals surface area contributed by atoms with Crippen molar-refractivity contribution in [2.45, 2.75) is 85.5 Å². The Balaban J connectivity index is 0.000000249. The highest BCUT2D eigenvalue weighted by Crippen LogP contribution is 2.62. The Bertz CT molecular complexity index is 2490. The summed E-state index contributed by atoms with van der Waals surface area (Å²) in [7, 11) is 0. The number of nitrogens with zero attached hydrogens (tertiary/aromatic N) is 1. The minimum Gasteiger partial charge on any atom is -0.457 e. The van der Waals surface area contributed by atoms with Crippen LogP contribution in [0, 0.1) is 20.8 Å². The van der Waals surface area contributed by atoms with Crippen LogP contribution in [-0.4, -0.2) is 0 Å². The fraction of sp³-hybridized carbons (Fsp3) is 0.236. The van der Waals surface area contributed by atoms with E-state index in [1.54, 1.807) is 0 Å². The summed E-state index contributed by atoms with van der Waals surface area (Å²) in [6, 6.07) is 54.0. The Morgan fingerprint density at radius 1 is 0.466 bits per heavy atom. The smallest absolute Gasteiger partial charge is 0.132 e. The van der Waals surface area contributed by atoms with Crippen LogP contribution in [0.15, 0.2) is 152 Å². The number of fused-ring (bicyclic) bond motifs is 8. The first-order valence-corrected chi connectivity index (χ1v) is 20.8. The first kappa shape index (κ1) is 38.8. The first-order valence-electron chi connectivity index (χ1n) is 20.8. The molecule has 0 unspecified atom stereocenters. The summed E-state index contributed by atoms with van der Waals surface area (Å²) >= 11 is 0. The summed E-state index contributed by atoms with van der Waals surface area (Å²) in [4.78, 5) is 2.38. The third-order valence-electron chi connectivity index (χ3n) is 12.1. The maximum Gasteiger partial charge on any atom is 0.132 e. The highest BCUT2D eigenvalue weighted by atomic mass is 16.5. The summed E-state index contributed by atoms with van der Waals surface area (Å²) in [5, 5.41) is 0. The van der Waals surface area contributed by atoms with Gasteiger partial charge in [-0.05, 0) is 119 Å². The predicted octanol–water partition coefficient (Wildman–Crippen LogP) is 15.7. The van der Waals surface area contributed by atoms with Gasteiger partial charge in [0.25, 0.3) is 0 Å². The normalized spacial score (nSPS) is 13.3. The molecule has 0 fully saturated rings. The van der Waals surface area contributed by atoms with Crippen LogP contribution in [0.5, 0.6) is 23.0 Å². The van der Waals surface area contributed by atoms with Crippen LogP contribution in [-0.2, 0) is 5.41 Å².